The molecular formula is C15H22N2O3. The molecule has 5 nitrogen and oxygen atoms in total. The maximum atomic E-state index is 12.2. The van der Waals surface area contributed by atoms with Gasteiger partial charge in [-0.3, -0.25) is 4.79 Å². The Morgan fingerprint density at radius 3 is 2.85 bits per heavy atom. The second-order valence-electron chi connectivity index (χ2n) is 5.12. The fraction of sp³-hybridized carbons (Fsp3) is 0.533. The summed E-state index contributed by atoms with van der Waals surface area (Å²) in [6.45, 7) is 2.41. The van der Waals surface area contributed by atoms with Crippen molar-refractivity contribution in [1.29, 1.82) is 0 Å². The quantitative estimate of drug-likeness (QED) is 0.732. The first-order valence-electron chi connectivity index (χ1n) is 7.13. The first-order chi connectivity index (χ1) is 9.61. The van der Waals surface area contributed by atoms with Gasteiger partial charge in [0.1, 0.15) is 5.75 Å². The standard InChI is InChI=1S/C15H22N2O3/c1-2-20-14-8-7-10(9-11(14)16)15(19)17-12-5-3-4-6-13(12)18/h7-9,12-13,18H,2-6,16H2,1H3,(H,17,19). The van der Waals surface area contributed by atoms with Crippen molar-refractivity contribution in [2.45, 2.75) is 44.8 Å². The van der Waals surface area contributed by atoms with Gasteiger partial charge < -0.3 is 20.9 Å². The van der Waals surface area contributed by atoms with E-state index in [1.807, 2.05) is 6.92 Å². The molecule has 20 heavy (non-hydrogen) atoms. The van der Waals surface area contributed by atoms with Gasteiger partial charge in [0.15, 0.2) is 0 Å². The van der Waals surface area contributed by atoms with Gasteiger partial charge in [-0.1, -0.05) is 12.8 Å². The number of carbonyl (C=O) groups is 1. The number of carbonyl (C=O) groups excluding carboxylic acids is 1. The van der Waals surface area contributed by atoms with Gasteiger partial charge in [0.25, 0.3) is 5.91 Å². The van der Waals surface area contributed by atoms with E-state index in [9.17, 15) is 9.90 Å². The fourth-order valence-electron chi connectivity index (χ4n) is 2.51. The van der Waals surface area contributed by atoms with Crippen LogP contribution < -0.4 is 15.8 Å². The van der Waals surface area contributed by atoms with E-state index >= 15 is 0 Å². The topological polar surface area (TPSA) is 84.6 Å². The van der Waals surface area contributed by atoms with Crippen LogP contribution in [0, 0.1) is 0 Å². The molecule has 1 aliphatic rings. The monoisotopic (exact) mass is 278 g/mol. The number of nitrogens with two attached hydrogens (primary N) is 1. The molecule has 0 aliphatic heterocycles. The molecule has 2 unspecified atom stereocenters. The van der Waals surface area contributed by atoms with E-state index in [-0.39, 0.29) is 11.9 Å². The molecular weight excluding hydrogens is 256 g/mol. The number of aliphatic hydroxyl groups is 1. The van der Waals surface area contributed by atoms with Crippen molar-refractivity contribution in [3.8, 4) is 5.75 Å². The van der Waals surface area contributed by atoms with E-state index in [1.165, 1.54) is 0 Å². The predicted molar refractivity (Wildman–Crippen MR) is 77.8 cm³/mol. The number of amides is 1. The van der Waals surface area contributed by atoms with E-state index in [4.69, 9.17) is 10.5 Å². The van der Waals surface area contributed by atoms with Gasteiger partial charge in [-0.15, -0.1) is 0 Å². The van der Waals surface area contributed by atoms with Crippen molar-refractivity contribution in [2.75, 3.05) is 12.3 Å². The molecule has 0 heterocycles. The Labute approximate surface area is 119 Å². The Bertz CT molecular complexity index is 476. The third kappa shape index (κ3) is 3.42. The molecule has 2 atom stereocenters. The number of nitrogen functional groups attached to an aromatic ring is 1. The fourth-order valence-corrected chi connectivity index (χ4v) is 2.51. The minimum absolute atomic E-state index is 0.163. The van der Waals surface area contributed by atoms with Crippen LogP contribution in [-0.2, 0) is 0 Å². The summed E-state index contributed by atoms with van der Waals surface area (Å²) in [5.74, 6) is 0.382. The van der Waals surface area contributed by atoms with Crippen LogP contribution >= 0.6 is 0 Å². The summed E-state index contributed by atoms with van der Waals surface area (Å²) in [6, 6.07) is 4.83. The van der Waals surface area contributed by atoms with Gasteiger partial charge in [-0.2, -0.15) is 0 Å². The molecule has 0 saturated heterocycles. The highest BCUT2D eigenvalue weighted by Crippen LogP contribution is 2.23. The lowest BCUT2D eigenvalue weighted by Crippen LogP contribution is -2.45. The number of anilines is 1. The van der Waals surface area contributed by atoms with Crippen molar-refractivity contribution in [3.05, 3.63) is 23.8 Å². The van der Waals surface area contributed by atoms with Gasteiger partial charge in [0.05, 0.1) is 24.4 Å². The molecule has 1 fully saturated rings. The molecule has 0 radical (unpaired) electrons. The summed E-state index contributed by atoms with van der Waals surface area (Å²) in [5, 5.41) is 12.8. The third-order valence-corrected chi connectivity index (χ3v) is 3.62. The van der Waals surface area contributed by atoms with Crippen molar-refractivity contribution in [2.24, 2.45) is 0 Å². The second kappa shape index (κ2) is 6.61. The maximum absolute atomic E-state index is 12.2. The summed E-state index contributed by atoms with van der Waals surface area (Å²) in [5.41, 5.74) is 6.79. The summed E-state index contributed by atoms with van der Waals surface area (Å²) < 4.78 is 5.34. The van der Waals surface area contributed by atoms with Crippen LogP contribution in [0.4, 0.5) is 5.69 Å². The molecule has 1 amide bonds. The Balaban J connectivity index is 2.03. The number of aliphatic hydroxyl groups excluding tert-OH is 1. The molecule has 0 spiro atoms. The first-order valence-corrected chi connectivity index (χ1v) is 7.13. The molecule has 1 aromatic carbocycles. The molecule has 1 aromatic rings. The normalized spacial score (nSPS) is 22.3. The van der Waals surface area contributed by atoms with E-state index < -0.39 is 6.10 Å². The molecule has 0 bridgehead atoms. The molecule has 2 rings (SSSR count). The number of rotatable bonds is 4. The molecule has 0 aromatic heterocycles. The lowest BCUT2D eigenvalue weighted by molar-refractivity contribution is 0.0717. The van der Waals surface area contributed by atoms with Crippen LogP contribution in [0.25, 0.3) is 0 Å². The molecule has 5 heteroatoms. The minimum Gasteiger partial charge on any atom is -0.492 e. The highest BCUT2D eigenvalue weighted by atomic mass is 16.5. The Hall–Kier alpha value is -1.75. The van der Waals surface area contributed by atoms with Crippen molar-refractivity contribution in [3.63, 3.8) is 0 Å². The first kappa shape index (κ1) is 14.7. The summed E-state index contributed by atoms with van der Waals surface area (Å²) >= 11 is 0. The highest BCUT2D eigenvalue weighted by molar-refractivity contribution is 5.95. The van der Waals surface area contributed by atoms with Gasteiger partial charge in [-0.25, -0.2) is 0 Å². The number of hydrogen-bond acceptors (Lipinski definition) is 4. The van der Waals surface area contributed by atoms with Crippen molar-refractivity contribution < 1.29 is 14.6 Å². The zero-order chi connectivity index (χ0) is 14.5. The van der Waals surface area contributed by atoms with Crippen LogP contribution in [0.5, 0.6) is 5.75 Å². The second-order valence-corrected chi connectivity index (χ2v) is 5.12. The minimum atomic E-state index is -0.451. The smallest absolute Gasteiger partial charge is 0.251 e. The molecule has 4 N–H and O–H groups in total. The van der Waals surface area contributed by atoms with Crippen LogP contribution in [0.1, 0.15) is 43.0 Å². The average molecular weight is 278 g/mol. The zero-order valence-electron chi connectivity index (χ0n) is 11.8. The average Bonchev–Trinajstić information content (AvgIpc) is 2.43. The van der Waals surface area contributed by atoms with Crippen molar-refractivity contribution >= 4 is 11.6 Å². The van der Waals surface area contributed by atoms with Gasteiger partial charge in [-0.05, 0) is 38.0 Å². The van der Waals surface area contributed by atoms with Gasteiger partial charge in [0.2, 0.25) is 0 Å². The third-order valence-electron chi connectivity index (χ3n) is 3.62. The van der Waals surface area contributed by atoms with Crippen LogP contribution in [0.15, 0.2) is 18.2 Å². The molecule has 1 aliphatic carbocycles. The Kier molecular flexibility index (Phi) is 4.84. The lowest BCUT2D eigenvalue weighted by Gasteiger charge is -2.28. The summed E-state index contributed by atoms with van der Waals surface area (Å²) in [4.78, 5) is 12.2. The van der Waals surface area contributed by atoms with Crippen molar-refractivity contribution in [1.82, 2.24) is 5.32 Å². The van der Waals surface area contributed by atoms with E-state index in [0.29, 0.717) is 23.6 Å². The largest absolute Gasteiger partial charge is 0.492 e. The van der Waals surface area contributed by atoms with Gasteiger partial charge >= 0.3 is 0 Å². The number of nitrogens with one attached hydrogen (secondary N) is 1. The SMILES string of the molecule is CCOc1ccc(C(=O)NC2CCCCC2O)cc1N. The Morgan fingerprint density at radius 1 is 1.45 bits per heavy atom. The van der Waals surface area contributed by atoms with Crippen LogP contribution in [-0.4, -0.2) is 29.8 Å². The van der Waals surface area contributed by atoms with E-state index in [2.05, 4.69) is 5.32 Å². The number of ether oxygens (including phenoxy) is 1. The predicted octanol–water partition coefficient (Wildman–Crippen LogP) is 1.70. The Morgan fingerprint density at radius 2 is 2.20 bits per heavy atom. The van der Waals surface area contributed by atoms with Gasteiger partial charge in [0, 0.05) is 5.56 Å². The molecule has 1 saturated carbocycles. The van der Waals surface area contributed by atoms with Crippen LogP contribution in [0.2, 0.25) is 0 Å². The lowest BCUT2D eigenvalue weighted by atomic mass is 9.92. The van der Waals surface area contributed by atoms with E-state index in [0.717, 1.165) is 25.7 Å². The van der Waals surface area contributed by atoms with Crippen LogP contribution in [0.3, 0.4) is 0 Å². The maximum Gasteiger partial charge on any atom is 0.251 e. The number of benzene rings is 1. The van der Waals surface area contributed by atoms with E-state index in [1.54, 1.807) is 18.2 Å². The number of hydrogen-bond donors (Lipinski definition) is 3. The zero-order valence-corrected chi connectivity index (χ0v) is 11.8. The summed E-state index contributed by atoms with van der Waals surface area (Å²) in [7, 11) is 0. The summed E-state index contributed by atoms with van der Waals surface area (Å²) in [6.07, 6.45) is 3.17. The molecule has 110 valence electrons. The highest BCUT2D eigenvalue weighted by Gasteiger charge is 2.24.